The summed E-state index contributed by atoms with van der Waals surface area (Å²) in [5.74, 6) is 1.05. The Morgan fingerprint density at radius 1 is 1.02 bits per heavy atom. The Balaban J connectivity index is 1.54. The summed E-state index contributed by atoms with van der Waals surface area (Å²) < 4.78 is 53.4. The van der Waals surface area contributed by atoms with Gasteiger partial charge in [-0.2, -0.15) is 18.3 Å². The van der Waals surface area contributed by atoms with Crippen LogP contribution in [-0.2, 0) is 17.8 Å². The lowest BCUT2D eigenvalue weighted by Crippen LogP contribution is -2.21. The van der Waals surface area contributed by atoms with Gasteiger partial charge >= 0.3 is 6.18 Å². The minimum absolute atomic E-state index is 0.0901. The molecule has 4 rings (SSSR count). The van der Waals surface area contributed by atoms with Gasteiger partial charge in [-0.25, -0.2) is 4.68 Å². The second-order valence-electron chi connectivity index (χ2n) is 8.74. The summed E-state index contributed by atoms with van der Waals surface area (Å²) in [5.41, 5.74) is 2.91. The lowest BCUT2D eigenvalue weighted by Gasteiger charge is -2.14. The Labute approximate surface area is 244 Å². The first-order chi connectivity index (χ1) is 19.6. The van der Waals surface area contributed by atoms with E-state index < -0.39 is 12.7 Å². The molecule has 13 heteroatoms. The molecule has 216 valence electrons. The van der Waals surface area contributed by atoms with Crippen LogP contribution in [0.3, 0.4) is 0 Å². The van der Waals surface area contributed by atoms with E-state index in [0.29, 0.717) is 44.9 Å². The number of methoxy groups -OCH3 is 2. The molecule has 0 aliphatic carbocycles. The number of alkyl halides is 3. The summed E-state index contributed by atoms with van der Waals surface area (Å²) in [6, 6.07) is 17.8. The molecule has 0 aliphatic heterocycles. The number of hydrogen-bond donors (Lipinski definition) is 3. The molecule has 4 aromatic rings. The van der Waals surface area contributed by atoms with E-state index in [1.54, 1.807) is 56.7 Å². The molecule has 0 unspecified atom stereocenters. The van der Waals surface area contributed by atoms with Gasteiger partial charge in [-0.3, -0.25) is 9.52 Å². The Morgan fingerprint density at radius 2 is 1.83 bits per heavy atom. The third kappa shape index (κ3) is 8.56. The van der Waals surface area contributed by atoms with Crippen molar-refractivity contribution >= 4 is 40.8 Å². The monoisotopic (exact) mass is 605 g/mol. The molecule has 0 fully saturated rings. The Hall–Kier alpha value is -3.87. The Morgan fingerprint density at radius 3 is 2.56 bits per heavy atom. The third-order valence-corrected chi connectivity index (χ3v) is 7.02. The van der Waals surface area contributed by atoms with Crippen LogP contribution in [0.5, 0.6) is 11.5 Å². The van der Waals surface area contributed by atoms with Gasteiger partial charge in [-0.05, 0) is 47.8 Å². The molecule has 1 aromatic heterocycles. The van der Waals surface area contributed by atoms with Gasteiger partial charge in [-0.15, -0.1) is 0 Å². The lowest BCUT2D eigenvalue weighted by atomic mass is 10.1. The molecule has 0 aliphatic rings. The van der Waals surface area contributed by atoms with Crippen molar-refractivity contribution in [3.8, 4) is 17.2 Å². The predicted octanol–water partition coefficient (Wildman–Crippen LogP) is 6.50. The maximum absolute atomic E-state index is 12.7. The second kappa shape index (κ2) is 13.7. The van der Waals surface area contributed by atoms with Crippen molar-refractivity contribution in [2.45, 2.75) is 24.0 Å². The molecule has 3 aromatic carbocycles. The topological polar surface area (TPSA) is 89.4 Å². The molecular formula is C28H27ClF3N5O3S. The third-order valence-electron chi connectivity index (χ3n) is 5.81. The maximum atomic E-state index is 12.7. The quantitative estimate of drug-likeness (QED) is 0.159. The van der Waals surface area contributed by atoms with E-state index in [4.69, 9.17) is 21.1 Å². The summed E-state index contributed by atoms with van der Waals surface area (Å²) in [4.78, 5) is 13.4. The molecule has 0 radical (unpaired) electrons. The maximum Gasteiger partial charge on any atom is 0.405 e. The standard InChI is InChI=1S/C28H27ClF3N5O3S/c1-39-22-9-7-19(25(13-22)40-2)14-35-41-26-12-20(36-27(38)11-18-5-3-4-6-23(18)29)8-10-24(26)37-16-21(15-34-37)33-17-28(30,31)32/h3-10,12-13,15-16,33,35H,11,14,17H2,1-2H3,(H,36,38). The molecule has 1 heterocycles. The molecule has 0 saturated heterocycles. The van der Waals surface area contributed by atoms with Crippen LogP contribution in [0, 0.1) is 0 Å². The molecular weight excluding hydrogens is 579 g/mol. The van der Waals surface area contributed by atoms with Gasteiger partial charge in [-0.1, -0.05) is 35.9 Å². The fourth-order valence-corrected chi connectivity index (χ4v) is 4.86. The SMILES string of the molecule is COc1ccc(CNSc2cc(NC(=O)Cc3ccccc3Cl)ccc2-n2cc(NCC(F)(F)F)cn2)c(OC)c1. The van der Waals surface area contributed by atoms with E-state index in [1.807, 2.05) is 18.2 Å². The number of aromatic nitrogens is 2. The van der Waals surface area contributed by atoms with Gasteiger partial charge in [0.2, 0.25) is 5.91 Å². The number of nitrogens with zero attached hydrogens (tertiary/aromatic N) is 2. The number of hydrogen-bond acceptors (Lipinski definition) is 7. The minimum Gasteiger partial charge on any atom is -0.497 e. The molecule has 0 saturated carbocycles. The normalized spacial score (nSPS) is 11.3. The van der Waals surface area contributed by atoms with Crippen molar-refractivity contribution in [3.05, 3.63) is 89.2 Å². The van der Waals surface area contributed by atoms with Gasteiger partial charge in [0, 0.05) is 28.9 Å². The van der Waals surface area contributed by atoms with Gasteiger partial charge in [0.1, 0.15) is 18.0 Å². The van der Waals surface area contributed by atoms with E-state index in [0.717, 1.165) is 5.56 Å². The van der Waals surface area contributed by atoms with E-state index in [2.05, 4.69) is 20.5 Å². The van der Waals surface area contributed by atoms with Crippen molar-refractivity contribution in [2.75, 3.05) is 31.4 Å². The number of halogens is 4. The van der Waals surface area contributed by atoms with E-state index in [1.165, 1.54) is 29.0 Å². The van der Waals surface area contributed by atoms with E-state index in [9.17, 15) is 18.0 Å². The van der Waals surface area contributed by atoms with Gasteiger partial charge in [0.25, 0.3) is 0 Å². The number of ether oxygens (including phenoxy) is 2. The predicted molar refractivity (Wildman–Crippen MR) is 154 cm³/mol. The van der Waals surface area contributed by atoms with Crippen LogP contribution in [0.2, 0.25) is 5.02 Å². The van der Waals surface area contributed by atoms with Crippen molar-refractivity contribution in [1.82, 2.24) is 14.5 Å². The first-order valence-electron chi connectivity index (χ1n) is 12.3. The fourth-order valence-electron chi connectivity index (χ4n) is 3.82. The van der Waals surface area contributed by atoms with Crippen LogP contribution in [0.1, 0.15) is 11.1 Å². The highest BCUT2D eigenvalue weighted by atomic mass is 35.5. The average Bonchev–Trinajstić information content (AvgIpc) is 3.42. The molecule has 41 heavy (non-hydrogen) atoms. The van der Waals surface area contributed by atoms with Crippen LogP contribution >= 0.6 is 23.5 Å². The second-order valence-corrected chi connectivity index (χ2v) is 10.1. The molecule has 3 N–H and O–H groups in total. The van der Waals surface area contributed by atoms with Crippen LogP contribution in [0.25, 0.3) is 5.69 Å². The van der Waals surface area contributed by atoms with Crippen LogP contribution in [-0.4, -0.2) is 42.6 Å². The number of nitrogens with one attached hydrogen (secondary N) is 3. The molecule has 0 atom stereocenters. The molecule has 0 spiro atoms. The highest BCUT2D eigenvalue weighted by molar-refractivity contribution is 7.97. The average molecular weight is 606 g/mol. The largest absolute Gasteiger partial charge is 0.497 e. The molecule has 0 bridgehead atoms. The Kier molecular flexibility index (Phi) is 10.0. The first kappa shape index (κ1) is 30.1. The number of anilines is 2. The summed E-state index contributed by atoms with van der Waals surface area (Å²) >= 11 is 7.47. The number of amides is 1. The minimum atomic E-state index is -4.36. The Bertz CT molecular complexity index is 1500. The van der Waals surface area contributed by atoms with E-state index in [-0.39, 0.29) is 18.0 Å². The summed E-state index contributed by atoms with van der Waals surface area (Å²) in [6.07, 6.45) is -1.49. The lowest BCUT2D eigenvalue weighted by molar-refractivity contribution is -0.116. The molecule has 1 amide bonds. The summed E-state index contributed by atoms with van der Waals surface area (Å²) in [7, 11) is 3.14. The smallest absolute Gasteiger partial charge is 0.405 e. The van der Waals surface area contributed by atoms with E-state index >= 15 is 0 Å². The van der Waals surface area contributed by atoms with Crippen molar-refractivity contribution < 1.29 is 27.4 Å². The zero-order chi connectivity index (χ0) is 29.4. The van der Waals surface area contributed by atoms with Crippen molar-refractivity contribution in [3.63, 3.8) is 0 Å². The number of carbonyl (C=O) groups is 1. The van der Waals surface area contributed by atoms with Gasteiger partial charge in [0.15, 0.2) is 0 Å². The fraction of sp³-hybridized carbons (Fsp3) is 0.214. The highest BCUT2D eigenvalue weighted by Gasteiger charge is 2.26. The number of carbonyl (C=O) groups excluding carboxylic acids is 1. The first-order valence-corrected chi connectivity index (χ1v) is 13.5. The zero-order valence-electron chi connectivity index (χ0n) is 22.1. The summed E-state index contributed by atoms with van der Waals surface area (Å²) in [6.45, 7) is -0.764. The van der Waals surface area contributed by atoms with Crippen LogP contribution < -0.4 is 24.8 Å². The number of rotatable bonds is 12. The van der Waals surface area contributed by atoms with Gasteiger partial charge < -0.3 is 20.1 Å². The zero-order valence-corrected chi connectivity index (χ0v) is 23.7. The highest BCUT2D eigenvalue weighted by Crippen LogP contribution is 2.30. The van der Waals surface area contributed by atoms with Crippen molar-refractivity contribution in [2.24, 2.45) is 0 Å². The van der Waals surface area contributed by atoms with Crippen LogP contribution in [0.4, 0.5) is 24.5 Å². The number of benzene rings is 3. The summed E-state index contributed by atoms with van der Waals surface area (Å²) in [5, 5.41) is 9.93. The molecule has 8 nitrogen and oxygen atoms in total. The van der Waals surface area contributed by atoms with Crippen molar-refractivity contribution in [1.29, 1.82) is 0 Å². The van der Waals surface area contributed by atoms with Gasteiger partial charge in [0.05, 0.1) is 49.3 Å². The van der Waals surface area contributed by atoms with Crippen LogP contribution in [0.15, 0.2) is 78.0 Å².